The van der Waals surface area contributed by atoms with Crippen molar-refractivity contribution < 1.29 is 18.9 Å². The number of nitro benzene ring substituents is 1. The summed E-state index contributed by atoms with van der Waals surface area (Å²) in [6.45, 7) is 2.50. The molecule has 1 aromatic carbocycles. The Morgan fingerprint density at radius 1 is 1.38 bits per heavy atom. The molecule has 0 aliphatic carbocycles. The third-order valence-corrected chi connectivity index (χ3v) is 3.64. The monoisotopic (exact) mass is 334 g/mol. The third kappa shape index (κ3) is 3.37. The van der Waals surface area contributed by atoms with Crippen molar-refractivity contribution in [3.8, 4) is 5.75 Å². The van der Waals surface area contributed by atoms with E-state index in [1.54, 1.807) is 7.05 Å². The first-order valence-corrected chi connectivity index (χ1v) is 7.44. The molecule has 0 unspecified atom stereocenters. The summed E-state index contributed by atoms with van der Waals surface area (Å²) in [5, 5.41) is 11.3. The van der Waals surface area contributed by atoms with Crippen LogP contribution in [0, 0.1) is 10.1 Å². The van der Waals surface area contributed by atoms with Crippen molar-refractivity contribution in [2.24, 2.45) is 0 Å². The number of hydrogen-bond acceptors (Lipinski definition) is 6. The fourth-order valence-electron chi connectivity index (χ4n) is 2.30. The van der Waals surface area contributed by atoms with Gasteiger partial charge in [0, 0.05) is 25.0 Å². The van der Waals surface area contributed by atoms with Crippen molar-refractivity contribution >= 4 is 22.6 Å². The first kappa shape index (κ1) is 17.5. The Morgan fingerprint density at radius 3 is 2.67 bits per heavy atom. The molecule has 0 aliphatic heterocycles. The van der Waals surface area contributed by atoms with Crippen LogP contribution in [0.1, 0.15) is 30.1 Å². The van der Waals surface area contributed by atoms with Crippen LogP contribution in [-0.4, -0.2) is 36.4 Å². The minimum Gasteiger partial charge on any atom is -0.493 e. The molecule has 0 saturated heterocycles. The van der Waals surface area contributed by atoms with Crippen LogP contribution in [0.5, 0.6) is 5.75 Å². The molecule has 128 valence electrons. The van der Waals surface area contributed by atoms with Crippen LogP contribution in [0.3, 0.4) is 0 Å². The van der Waals surface area contributed by atoms with Crippen LogP contribution in [0.4, 0.5) is 5.69 Å². The van der Waals surface area contributed by atoms with E-state index in [0.29, 0.717) is 6.54 Å². The lowest BCUT2D eigenvalue weighted by Gasteiger charge is -2.16. The van der Waals surface area contributed by atoms with Gasteiger partial charge in [-0.25, -0.2) is 4.79 Å². The molecule has 0 aliphatic rings. The maximum absolute atomic E-state index is 12.4. The molecule has 0 N–H and O–H groups in total. The minimum absolute atomic E-state index is 0.0645. The zero-order valence-electron chi connectivity index (χ0n) is 13.7. The standard InChI is InChI=1S/C16H18N2O6/c1-4-5-6-17(2)15(19)12-8-10-7-11(18(21)22)9-13(23-3)14(10)24-16(12)20/h7-9H,4-6H2,1-3H3. The number of benzene rings is 1. The van der Waals surface area contributed by atoms with Gasteiger partial charge in [-0.15, -0.1) is 0 Å². The van der Waals surface area contributed by atoms with Crippen LogP contribution < -0.4 is 10.4 Å². The van der Waals surface area contributed by atoms with Gasteiger partial charge in [0.25, 0.3) is 11.6 Å². The van der Waals surface area contributed by atoms with Gasteiger partial charge in [-0.05, 0) is 12.5 Å². The molecule has 2 rings (SSSR count). The predicted molar refractivity (Wildman–Crippen MR) is 87.6 cm³/mol. The van der Waals surface area contributed by atoms with E-state index >= 15 is 0 Å². The topological polar surface area (TPSA) is 103 Å². The summed E-state index contributed by atoms with van der Waals surface area (Å²) in [5.74, 6) is -0.417. The van der Waals surface area contributed by atoms with E-state index in [1.165, 1.54) is 30.2 Å². The summed E-state index contributed by atoms with van der Waals surface area (Å²) in [6.07, 6.45) is 1.72. The largest absolute Gasteiger partial charge is 0.493 e. The van der Waals surface area contributed by atoms with E-state index in [-0.39, 0.29) is 28.0 Å². The summed E-state index contributed by atoms with van der Waals surface area (Å²) in [6, 6.07) is 3.71. The van der Waals surface area contributed by atoms with Gasteiger partial charge in [0.05, 0.1) is 18.1 Å². The van der Waals surface area contributed by atoms with E-state index in [4.69, 9.17) is 9.15 Å². The van der Waals surface area contributed by atoms with Crippen molar-refractivity contribution in [2.45, 2.75) is 19.8 Å². The fraction of sp³-hybridized carbons (Fsp3) is 0.375. The molecule has 8 nitrogen and oxygen atoms in total. The highest BCUT2D eigenvalue weighted by atomic mass is 16.6. The second-order valence-corrected chi connectivity index (χ2v) is 5.35. The molecule has 1 amide bonds. The molecular weight excluding hydrogens is 316 g/mol. The summed E-state index contributed by atoms with van der Waals surface area (Å²) >= 11 is 0. The number of fused-ring (bicyclic) bond motifs is 1. The summed E-state index contributed by atoms with van der Waals surface area (Å²) in [4.78, 5) is 36.4. The highest BCUT2D eigenvalue weighted by Gasteiger charge is 2.21. The Hall–Kier alpha value is -2.90. The lowest BCUT2D eigenvalue weighted by molar-refractivity contribution is -0.384. The summed E-state index contributed by atoms with van der Waals surface area (Å²) < 4.78 is 10.2. The molecule has 0 radical (unpaired) electrons. The second-order valence-electron chi connectivity index (χ2n) is 5.35. The van der Waals surface area contributed by atoms with Crippen LogP contribution in [0.15, 0.2) is 27.4 Å². The van der Waals surface area contributed by atoms with Crippen LogP contribution in [0.2, 0.25) is 0 Å². The second kappa shape index (κ2) is 7.12. The van der Waals surface area contributed by atoms with Gasteiger partial charge in [0.1, 0.15) is 5.56 Å². The Morgan fingerprint density at radius 2 is 2.08 bits per heavy atom. The normalized spacial score (nSPS) is 10.6. The van der Waals surface area contributed by atoms with Crippen LogP contribution in [0.25, 0.3) is 11.0 Å². The van der Waals surface area contributed by atoms with Crippen molar-refractivity contribution in [3.05, 3.63) is 44.3 Å². The van der Waals surface area contributed by atoms with Gasteiger partial charge in [0.15, 0.2) is 11.3 Å². The fourth-order valence-corrected chi connectivity index (χ4v) is 2.30. The van der Waals surface area contributed by atoms with Crippen LogP contribution >= 0.6 is 0 Å². The van der Waals surface area contributed by atoms with E-state index in [2.05, 4.69) is 0 Å². The quantitative estimate of drug-likeness (QED) is 0.457. The summed E-state index contributed by atoms with van der Waals surface area (Å²) in [5.41, 5.74) is -1.11. The number of hydrogen-bond donors (Lipinski definition) is 0. The number of amides is 1. The number of carbonyl (C=O) groups is 1. The van der Waals surface area contributed by atoms with Gasteiger partial charge >= 0.3 is 5.63 Å². The molecule has 0 bridgehead atoms. The molecule has 1 heterocycles. The Labute approximate surface area is 137 Å². The van der Waals surface area contributed by atoms with Gasteiger partial charge in [0.2, 0.25) is 0 Å². The molecule has 0 saturated carbocycles. The first-order chi connectivity index (χ1) is 11.4. The van der Waals surface area contributed by atoms with Crippen molar-refractivity contribution in [2.75, 3.05) is 20.7 Å². The Balaban J connectivity index is 2.57. The number of carbonyl (C=O) groups excluding carboxylic acids is 1. The number of nitrogens with zero attached hydrogens (tertiary/aromatic N) is 2. The van der Waals surface area contributed by atoms with Crippen molar-refractivity contribution in [3.63, 3.8) is 0 Å². The average Bonchev–Trinajstić information content (AvgIpc) is 2.57. The molecule has 24 heavy (non-hydrogen) atoms. The summed E-state index contributed by atoms with van der Waals surface area (Å²) in [7, 11) is 2.91. The number of unbranched alkanes of at least 4 members (excludes halogenated alkanes) is 1. The number of methoxy groups -OCH3 is 1. The number of non-ortho nitro benzene ring substituents is 1. The smallest absolute Gasteiger partial charge is 0.349 e. The van der Waals surface area contributed by atoms with E-state index in [1.807, 2.05) is 6.92 Å². The van der Waals surface area contributed by atoms with Gasteiger partial charge in [-0.1, -0.05) is 13.3 Å². The molecule has 0 spiro atoms. The van der Waals surface area contributed by atoms with Crippen molar-refractivity contribution in [1.82, 2.24) is 4.90 Å². The van der Waals surface area contributed by atoms with Crippen LogP contribution in [-0.2, 0) is 0 Å². The number of ether oxygens (including phenoxy) is 1. The molecule has 8 heteroatoms. The molecule has 1 aromatic heterocycles. The maximum Gasteiger partial charge on any atom is 0.349 e. The lowest BCUT2D eigenvalue weighted by Crippen LogP contribution is -2.31. The molecular formula is C16H18N2O6. The SMILES string of the molecule is CCCCN(C)C(=O)c1cc2cc([N+](=O)[O-])cc(OC)c2oc1=O. The maximum atomic E-state index is 12.4. The molecule has 2 aromatic rings. The Bertz CT molecular complexity index is 842. The minimum atomic E-state index is -0.803. The molecule has 0 fully saturated rings. The zero-order valence-corrected chi connectivity index (χ0v) is 13.7. The van der Waals surface area contributed by atoms with E-state index < -0.39 is 16.5 Å². The van der Waals surface area contributed by atoms with Gasteiger partial charge < -0.3 is 14.1 Å². The lowest BCUT2D eigenvalue weighted by atomic mass is 10.1. The van der Waals surface area contributed by atoms with Gasteiger partial charge in [-0.2, -0.15) is 0 Å². The zero-order chi connectivity index (χ0) is 17.9. The van der Waals surface area contributed by atoms with E-state index in [9.17, 15) is 19.7 Å². The first-order valence-electron chi connectivity index (χ1n) is 7.44. The third-order valence-electron chi connectivity index (χ3n) is 3.64. The highest BCUT2D eigenvalue weighted by Crippen LogP contribution is 2.30. The number of rotatable bonds is 6. The van der Waals surface area contributed by atoms with Crippen molar-refractivity contribution in [1.29, 1.82) is 0 Å². The molecule has 0 atom stereocenters. The number of nitro groups is 1. The predicted octanol–water partition coefficient (Wildman–Crippen LogP) is 2.58. The highest BCUT2D eigenvalue weighted by molar-refractivity contribution is 5.97. The average molecular weight is 334 g/mol. The Kier molecular flexibility index (Phi) is 5.18. The van der Waals surface area contributed by atoms with Gasteiger partial charge in [-0.3, -0.25) is 14.9 Å². The van der Waals surface area contributed by atoms with E-state index in [0.717, 1.165) is 12.8 Å².